The summed E-state index contributed by atoms with van der Waals surface area (Å²) in [6.07, 6.45) is 1.97. The molecular weight excluding hydrogens is 303 g/mol. The highest BCUT2D eigenvalue weighted by molar-refractivity contribution is 7.97. The van der Waals surface area contributed by atoms with Gasteiger partial charge in [-0.15, -0.1) is 0 Å². The Morgan fingerprint density at radius 1 is 1.21 bits per heavy atom. The van der Waals surface area contributed by atoms with Crippen LogP contribution in [-0.4, -0.2) is 16.2 Å². The molecule has 0 bridgehead atoms. The molecule has 1 aromatic heterocycles. The Morgan fingerprint density at radius 2 is 1.95 bits per heavy atom. The van der Waals surface area contributed by atoms with E-state index in [2.05, 4.69) is 9.97 Å². The summed E-state index contributed by atoms with van der Waals surface area (Å²) in [7, 11) is 0. The quantitative estimate of drug-likeness (QED) is 0.906. The molecule has 4 N–H and O–H groups in total. The van der Waals surface area contributed by atoms with Crippen LogP contribution < -0.4 is 11.5 Å². The van der Waals surface area contributed by atoms with E-state index in [0.717, 1.165) is 11.3 Å². The van der Waals surface area contributed by atoms with Crippen molar-refractivity contribution in [2.24, 2.45) is 0 Å². The van der Waals surface area contributed by atoms with Gasteiger partial charge in [0.15, 0.2) is 0 Å². The number of halogens is 2. The van der Waals surface area contributed by atoms with E-state index in [9.17, 15) is 0 Å². The van der Waals surface area contributed by atoms with Gasteiger partial charge in [0.1, 0.15) is 5.82 Å². The number of hydrogen-bond acceptors (Lipinski definition) is 5. The molecule has 0 saturated carbocycles. The van der Waals surface area contributed by atoms with Gasteiger partial charge in [0.25, 0.3) is 0 Å². The zero-order chi connectivity index (χ0) is 14.0. The summed E-state index contributed by atoms with van der Waals surface area (Å²) in [4.78, 5) is 8.23. The number of nitrogens with zero attached hydrogens (tertiary/aromatic N) is 2. The van der Waals surface area contributed by atoms with Crippen LogP contribution in [-0.2, 0) is 5.75 Å². The van der Waals surface area contributed by atoms with Gasteiger partial charge in [0, 0.05) is 16.9 Å². The summed E-state index contributed by atoms with van der Waals surface area (Å²) < 4.78 is 0. The fourth-order valence-corrected chi connectivity index (χ4v) is 2.66. The van der Waals surface area contributed by atoms with Crippen LogP contribution in [0.5, 0.6) is 0 Å². The van der Waals surface area contributed by atoms with Crippen LogP contribution in [0.2, 0.25) is 10.0 Å². The second kappa shape index (κ2) is 5.86. The molecule has 0 aliphatic heterocycles. The molecule has 1 heterocycles. The summed E-state index contributed by atoms with van der Waals surface area (Å²) >= 11 is 13.9. The molecule has 0 aliphatic rings. The van der Waals surface area contributed by atoms with Crippen molar-refractivity contribution in [2.75, 3.05) is 17.7 Å². The molecule has 0 aliphatic carbocycles. The standard InChI is InChI=1S/C12H12Cl2N4S/c1-19-5-8-9(11(15)18-12(16)17-8)6-3-2-4-7(13)10(6)14/h2-4H,5H2,1H3,(H4,15,16,17,18). The van der Waals surface area contributed by atoms with Crippen molar-refractivity contribution < 1.29 is 0 Å². The lowest BCUT2D eigenvalue weighted by Gasteiger charge is -2.13. The predicted molar refractivity (Wildman–Crippen MR) is 83.5 cm³/mol. The Bertz CT molecular complexity index is 619. The van der Waals surface area contributed by atoms with Gasteiger partial charge in [-0.05, 0) is 12.3 Å². The number of rotatable bonds is 3. The number of nitrogens with two attached hydrogens (primary N) is 2. The first-order valence-corrected chi connectivity index (χ1v) is 7.54. The van der Waals surface area contributed by atoms with Crippen molar-refractivity contribution in [1.29, 1.82) is 0 Å². The van der Waals surface area contributed by atoms with E-state index in [1.54, 1.807) is 17.8 Å². The molecule has 100 valence electrons. The molecule has 4 nitrogen and oxygen atoms in total. The summed E-state index contributed by atoms with van der Waals surface area (Å²) in [5.41, 5.74) is 13.8. The third-order valence-electron chi connectivity index (χ3n) is 2.53. The molecular formula is C12H12Cl2N4S. The zero-order valence-corrected chi connectivity index (χ0v) is 12.5. The third-order valence-corrected chi connectivity index (χ3v) is 3.91. The number of nitrogen functional groups attached to an aromatic ring is 2. The summed E-state index contributed by atoms with van der Waals surface area (Å²) in [5, 5.41) is 0.900. The van der Waals surface area contributed by atoms with Crippen LogP contribution in [0.15, 0.2) is 18.2 Å². The Balaban J connectivity index is 2.70. The molecule has 7 heteroatoms. The van der Waals surface area contributed by atoms with Crippen molar-refractivity contribution in [3.05, 3.63) is 33.9 Å². The van der Waals surface area contributed by atoms with E-state index in [-0.39, 0.29) is 5.95 Å². The van der Waals surface area contributed by atoms with E-state index < -0.39 is 0 Å². The second-order valence-electron chi connectivity index (χ2n) is 3.82. The van der Waals surface area contributed by atoms with Gasteiger partial charge in [-0.3, -0.25) is 0 Å². The first-order chi connectivity index (χ1) is 9.04. The third kappa shape index (κ3) is 2.88. The highest BCUT2D eigenvalue weighted by atomic mass is 35.5. The van der Waals surface area contributed by atoms with Gasteiger partial charge in [-0.1, -0.05) is 35.3 Å². The van der Waals surface area contributed by atoms with Gasteiger partial charge < -0.3 is 11.5 Å². The number of aromatic nitrogens is 2. The normalized spacial score (nSPS) is 10.7. The molecule has 0 spiro atoms. The highest BCUT2D eigenvalue weighted by Gasteiger charge is 2.17. The van der Waals surface area contributed by atoms with Crippen LogP contribution in [0.4, 0.5) is 11.8 Å². The van der Waals surface area contributed by atoms with E-state index in [4.69, 9.17) is 34.7 Å². The molecule has 0 radical (unpaired) electrons. The predicted octanol–water partition coefficient (Wildman–Crippen LogP) is 3.48. The van der Waals surface area contributed by atoms with Gasteiger partial charge >= 0.3 is 0 Å². The molecule has 19 heavy (non-hydrogen) atoms. The number of benzene rings is 1. The molecule has 2 rings (SSSR count). The average molecular weight is 315 g/mol. The monoisotopic (exact) mass is 314 g/mol. The van der Waals surface area contributed by atoms with Gasteiger partial charge in [0.2, 0.25) is 5.95 Å². The van der Waals surface area contributed by atoms with Crippen molar-refractivity contribution in [3.8, 4) is 11.1 Å². The van der Waals surface area contributed by atoms with Gasteiger partial charge in [-0.2, -0.15) is 16.7 Å². The Hall–Kier alpha value is -1.17. The number of thioether (sulfide) groups is 1. The van der Waals surface area contributed by atoms with Gasteiger partial charge in [-0.25, -0.2) is 4.98 Å². The second-order valence-corrected chi connectivity index (χ2v) is 5.47. The fourth-order valence-electron chi connectivity index (χ4n) is 1.78. The van der Waals surface area contributed by atoms with Crippen LogP contribution in [0, 0.1) is 0 Å². The number of anilines is 2. The van der Waals surface area contributed by atoms with Crippen molar-refractivity contribution in [3.63, 3.8) is 0 Å². The minimum absolute atomic E-state index is 0.156. The largest absolute Gasteiger partial charge is 0.383 e. The van der Waals surface area contributed by atoms with Gasteiger partial charge in [0.05, 0.1) is 15.7 Å². The van der Waals surface area contributed by atoms with E-state index in [0.29, 0.717) is 27.2 Å². The Labute approximate surface area is 125 Å². The molecule has 0 saturated heterocycles. The highest BCUT2D eigenvalue weighted by Crippen LogP contribution is 2.38. The van der Waals surface area contributed by atoms with Crippen LogP contribution in [0.1, 0.15) is 5.69 Å². The SMILES string of the molecule is CSCc1nc(N)nc(N)c1-c1cccc(Cl)c1Cl. The van der Waals surface area contributed by atoms with Crippen molar-refractivity contribution in [2.45, 2.75) is 5.75 Å². The minimum atomic E-state index is 0.156. The smallest absolute Gasteiger partial charge is 0.222 e. The Morgan fingerprint density at radius 3 is 2.63 bits per heavy atom. The molecule has 0 atom stereocenters. The van der Waals surface area contributed by atoms with Crippen LogP contribution >= 0.6 is 35.0 Å². The average Bonchev–Trinajstić information content (AvgIpc) is 2.34. The molecule has 1 aromatic carbocycles. The summed E-state index contributed by atoms with van der Waals surface area (Å²) in [6, 6.07) is 5.36. The molecule has 0 unspecified atom stereocenters. The minimum Gasteiger partial charge on any atom is -0.383 e. The van der Waals surface area contributed by atoms with Crippen molar-refractivity contribution in [1.82, 2.24) is 9.97 Å². The van der Waals surface area contributed by atoms with Crippen molar-refractivity contribution >= 4 is 46.7 Å². The molecule has 2 aromatic rings. The van der Waals surface area contributed by atoms with E-state index in [1.165, 1.54) is 0 Å². The first-order valence-electron chi connectivity index (χ1n) is 5.39. The van der Waals surface area contributed by atoms with Crippen LogP contribution in [0.25, 0.3) is 11.1 Å². The lowest BCUT2D eigenvalue weighted by Crippen LogP contribution is -2.06. The molecule has 0 amide bonds. The first kappa shape index (κ1) is 14.2. The Kier molecular flexibility index (Phi) is 4.39. The topological polar surface area (TPSA) is 77.8 Å². The fraction of sp³-hybridized carbons (Fsp3) is 0.167. The lowest BCUT2D eigenvalue weighted by atomic mass is 10.0. The maximum atomic E-state index is 6.23. The lowest BCUT2D eigenvalue weighted by molar-refractivity contribution is 1.12. The molecule has 0 fully saturated rings. The summed E-state index contributed by atoms with van der Waals surface area (Å²) in [6.45, 7) is 0. The van der Waals surface area contributed by atoms with E-state index in [1.807, 2.05) is 18.4 Å². The maximum absolute atomic E-state index is 6.23. The maximum Gasteiger partial charge on any atom is 0.222 e. The summed E-state index contributed by atoms with van der Waals surface area (Å²) in [5.74, 6) is 1.12. The van der Waals surface area contributed by atoms with E-state index >= 15 is 0 Å². The number of hydrogen-bond donors (Lipinski definition) is 2. The zero-order valence-electron chi connectivity index (χ0n) is 10.2. The van der Waals surface area contributed by atoms with Crippen LogP contribution in [0.3, 0.4) is 0 Å².